The molecule has 0 aromatic rings. The summed E-state index contributed by atoms with van der Waals surface area (Å²) in [5.41, 5.74) is 0. The molecule has 7 heavy (non-hydrogen) atoms. The van der Waals surface area contributed by atoms with Crippen LogP contribution in [-0.4, -0.2) is 26.5 Å². The molecule has 3 heteroatoms. The Kier molecular flexibility index (Phi) is 6.51. The van der Waals surface area contributed by atoms with Crippen molar-refractivity contribution in [1.82, 2.24) is 4.72 Å². The monoisotopic (exact) mass is 121 g/mol. The molecule has 0 aromatic carbocycles. The molecule has 0 aliphatic heterocycles. The van der Waals surface area contributed by atoms with Crippen molar-refractivity contribution < 1.29 is 4.74 Å². The Balaban J connectivity index is 2.45. The van der Waals surface area contributed by atoms with Crippen LogP contribution in [-0.2, 0) is 4.74 Å². The van der Waals surface area contributed by atoms with Gasteiger partial charge in [-0.05, 0) is 7.05 Å². The molecule has 0 fully saturated rings. The molecule has 0 aliphatic rings. The van der Waals surface area contributed by atoms with Crippen molar-refractivity contribution in [2.45, 2.75) is 0 Å². The van der Waals surface area contributed by atoms with Gasteiger partial charge in [0, 0.05) is 12.9 Å². The predicted molar refractivity (Wildman–Crippen MR) is 33.4 cm³/mol. The van der Waals surface area contributed by atoms with Gasteiger partial charge in [0.15, 0.2) is 0 Å². The zero-order valence-corrected chi connectivity index (χ0v) is 5.55. The van der Waals surface area contributed by atoms with Gasteiger partial charge in [0.2, 0.25) is 0 Å². The van der Waals surface area contributed by atoms with Crippen molar-refractivity contribution in [3.63, 3.8) is 0 Å². The molecule has 0 saturated heterocycles. The van der Waals surface area contributed by atoms with Crippen molar-refractivity contribution >= 4 is 11.9 Å². The molecule has 0 rings (SSSR count). The molecule has 0 bridgehead atoms. The maximum Gasteiger partial charge on any atom is 0.0565 e. The average Bonchev–Trinajstić information content (AvgIpc) is 1.69. The summed E-state index contributed by atoms with van der Waals surface area (Å²) in [5, 5.41) is 0. The van der Waals surface area contributed by atoms with Crippen LogP contribution in [0.2, 0.25) is 0 Å². The number of nitrogens with one attached hydrogen (secondary N) is 1. The van der Waals surface area contributed by atoms with Crippen molar-refractivity contribution in [1.29, 1.82) is 0 Å². The smallest absolute Gasteiger partial charge is 0.0565 e. The van der Waals surface area contributed by atoms with E-state index in [9.17, 15) is 0 Å². The SMILES string of the molecule is CNSCCOC. The third-order valence-corrected chi connectivity index (χ3v) is 1.19. The molecular weight excluding hydrogens is 110 g/mol. The van der Waals surface area contributed by atoms with E-state index in [1.165, 1.54) is 0 Å². The normalized spacial score (nSPS) is 9.43. The van der Waals surface area contributed by atoms with Crippen LogP contribution in [0.5, 0.6) is 0 Å². The van der Waals surface area contributed by atoms with Crippen LogP contribution in [0.4, 0.5) is 0 Å². The Labute approximate surface area is 48.8 Å². The predicted octanol–water partition coefficient (Wildman–Crippen LogP) is 0.500. The van der Waals surface area contributed by atoms with Gasteiger partial charge in [-0.15, -0.1) is 0 Å². The topological polar surface area (TPSA) is 21.3 Å². The first-order valence-corrected chi connectivity index (χ1v) is 3.18. The minimum Gasteiger partial charge on any atom is -0.384 e. The van der Waals surface area contributed by atoms with Gasteiger partial charge in [-0.1, -0.05) is 11.9 Å². The van der Waals surface area contributed by atoms with E-state index in [0.717, 1.165) is 12.4 Å². The van der Waals surface area contributed by atoms with Gasteiger partial charge >= 0.3 is 0 Å². The van der Waals surface area contributed by atoms with Crippen molar-refractivity contribution in [2.24, 2.45) is 0 Å². The Hall–Kier alpha value is 0.270. The molecule has 2 nitrogen and oxygen atoms in total. The summed E-state index contributed by atoms with van der Waals surface area (Å²) in [7, 11) is 3.61. The second kappa shape index (κ2) is 6.27. The van der Waals surface area contributed by atoms with E-state index >= 15 is 0 Å². The van der Waals surface area contributed by atoms with E-state index in [4.69, 9.17) is 4.74 Å². The summed E-state index contributed by atoms with van der Waals surface area (Å²) in [6.07, 6.45) is 0. The van der Waals surface area contributed by atoms with Crippen molar-refractivity contribution in [3.05, 3.63) is 0 Å². The summed E-state index contributed by atoms with van der Waals surface area (Å²) in [6.45, 7) is 0.825. The molecule has 0 aromatic heterocycles. The summed E-state index contributed by atoms with van der Waals surface area (Å²) in [5.74, 6) is 1.02. The van der Waals surface area contributed by atoms with Crippen LogP contribution >= 0.6 is 11.9 Å². The molecule has 44 valence electrons. The summed E-state index contributed by atoms with van der Waals surface area (Å²) in [6, 6.07) is 0. The lowest BCUT2D eigenvalue weighted by Gasteiger charge is -1.94. The fraction of sp³-hybridized carbons (Fsp3) is 1.00. The van der Waals surface area contributed by atoms with Crippen LogP contribution in [0.1, 0.15) is 0 Å². The molecule has 0 radical (unpaired) electrons. The fourth-order valence-electron chi connectivity index (χ4n) is 0.227. The first-order valence-electron chi connectivity index (χ1n) is 2.19. The van der Waals surface area contributed by atoms with E-state index in [1.807, 2.05) is 7.05 Å². The average molecular weight is 121 g/mol. The van der Waals surface area contributed by atoms with E-state index in [-0.39, 0.29) is 0 Å². The Bertz CT molecular complexity index is 30.9. The Morgan fingerprint density at radius 3 is 2.86 bits per heavy atom. The van der Waals surface area contributed by atoms with Crippen LogP contribution in [0.15, 0.2) is 0 Å². The lowest BCUT2D eigenvalue weighted by Crippen LogP contribution is -1.98. The van der Waals surface area contributed by atoms with Gasteiger partial charge in [0.1, 0.15) is 0 Å². The third kappa shape index (κ3) is 6.27. The first-order chi connectivity index (χ1) is 3.41. The maximum absolute atomic E-state index is 4.78. The van der Waals surface area contributed by atoms with Gasteiger partial charge < -0.3 is 4.74 Å². The van der Waals surface area contributed by atoms with Crippen molar-refractivity contribution in [3.8, 4) is 0 Å². The third-order valence-electron chi connectivity index (χ3n) is 0.534. The number of ether oxygens (including phenoxy) is 1. The lowest BCUT2D eigenvalue weighted by atomic mass is 10.9. The van der Waals surface area contributed by atoms with Gasteiger partial charge in [0.25, 0.3) is 0 Å². The number of hydrogen-bond donors (Lipinski definition) is 1. The standard InChI is InChI=1S/C4H11NOS/c1-5-7-4-3-6-2/h5H,3-4H2,1-2H3. The summed E-state index contributed by atoms with van der Waals surface area (Å²) in [4.78, 5) is 0. The summed E-state index contributed by atoms with van der Waals surface area (Å²) < 4.78 is 7.72. The fourth-order valence-corrected chi connectivity index (χ4v) is 0.681. The highest BCUT2D eigenvalue weighted by Gasteiger charge is 1.79. The quantitative estimate of drug-likeness (QED) is 0.432. The molecule has 0 amide bonds. The van der Waals surface area contributed by atoms with Crippen LogP contribution in [0.3, 0.4) is 0 Å². The molecule has 0 aliphatic carbocycles. The molecular formula is C4H11NOS. The maximum atomic E-state index is 4.78. The zero-order chi connectivity index (χ0) is 5.54. The van der Waals surface area contributed by atoms with E-state index in [1.54, 1.807) is 19.1 Å². The lowest BCUT2D eigenvalue weighted by molar-refractivity contribution is 0.218. The van der Waals surface area contributed by atoms with Crippen LogP contribution in [0, 0.1) is 0 Å². The molecule has 0 unspecified atom stereocenters. The number of rotatable bonds is 4. The zero-order valence-electron chi connectivity index (χ0n) is 4.73. The van der Waals surface area contributed by atoms with Crippen LogP contribution in [0.25, 0.3) is 0 Å². The minimum atomic E-state index is 0.825. The van der Waals surface area contributed by atoms with Gasteiger partial charge in [-0.3, -0.25) is 4.72 Å². The molecule has 0 saturated carbocycles. The van der Waals surface area contributed by atoms with Gasteiger partial charge in [-0.25, -0.2) is 0 Å². The first kappa shape index (κ1) is 7.27. The number of hydrogen-bond acceptors (Lipinski definition) is 3. The highest BCUT2D eigenvalue weighted by Crippen LogP contribution is 1.87. The highest BCUT2D eigenvalue weighted by atomic mass is 32.2. The van der Waals surface area contributed by atoms with Gasteiger partial charge in [-0.2, -0.15) is 0 Å². The van der Waals surface area contributed by atoms with E-state index < -0.39 is 0 Å². The van der Waals surface area contributed by atoms with Crippen molar-refractivity contribution in [2.75, 3.05) is 26.5 Å². The molecule has 1 N–H and O–H groups in total. The molecule has 0 atom stereocenters. The Morgan fingerprint density at radius 2 is 2.43 bits per heavy atom. The molecule has 0 spiro atoms. The minimum absolute atomic E-state index is 0.825. The second-order valence-electron chi connectivity index (χ2n) is 1.05. The van der Waals surface area contributed by atoms with E-state index in [0.29, 0.717) is 0 Å². The van der Waals surface area contributed by atoms with Gasteiger partial charge in [0.05, 0.1) is 6.61 Å². The van der Waals surface area contributed by atoms with Crippen LogP contribution < -0.4 is 4.72 Å². The molecule has 0 heterocycles. The number of methoxy groups -OCH3 is 1. The largest absolute Gasteiger partial charge is 0.384 e. The van der Waals surface area contributed by atoms with E-state index in [2.05, 4.69) is 4.72 Å². The highest BCUT2D eigenvalue weighted by molar-refractivity contribution is 7.97. The Morgan fingerprint density at radius 1 is 1.71 bits per heavy atom. The summed E-state index contributed by atoms with van der Waals surface area (Å²) >= 11 is 1.66. The second-order valence-corrected chi connectivity index (χ2v) is 2.15.